The lowest BCUT2D eigenvalue weighted by molar-refractivity contribution is 0.154. The van der Waals surface area contributed by atoms with Crippen LogP contribution in [-0.4, -0.2) is 57.0 Å². The number of rotatable bonds is 4. The monoisotopic (exact) mass is 332 g/mol. The third-order valence-corrected chi connectivity index (χ3v) is 5.95. The van der Waals surface area contributed by atoms with Crippen molar-refractivity contribution >= 4 is 21.6 Å². The molecule has 21 heavy (non-hydrogen) atoms. The highest BCUT2D eigenvalue weighted by Gasteiger charge is 2.29. The Balaban J connectivity index is 2.17. The van der Waals surface area contributed by atoms with Crippen molar-refractivity contribution in [1.82, 2.24) is 9.21 Å². The molecule has 0 unspecified atom stereocenters. The molecule has 7 heteroatoms. The van der Waals surface area contributed by atoms with Gasteiger partial charge in [0.05, 0.1) is 17.0 Å². The Labute approximate surface area is 131 Å². The van der Waals surface area contributed by atoms with Crippen LogP contribution < -0.4 is 4.74 Å². The second kappa shape index (κ2) is 6.52. The Morgan fingerprint density at radius 3 is 2.29 bits per heavy atom. The molecule has 1 aliphatic rings. The molecule has 1 saturated heterocycles. The summed E-state index contributed by atoms with van der Waals surface area (Å²) in [6, 6.07) is 5.00. The minimum Gasteiger partial charge on any atom is -0.495 e. The minimum absolute atomic E-state index is 0.214. The Morgan fingerprint density at radius 1 is 1.19 bits per heavy atom. The number of piperazine rings is 1. The summed E-state index contributed by atoms with van der Waals surface area (Å²) in [6.45, 7) is 6.75. The van der Waals surface area contributed by atoms with Crippen LogP contribution >= 0.6 is 11.6 Å². The van der Waals surface area contributed by atoms with Crippen molar-refractivity contribution in [3.8, 4) is 5.75 Å². The van der Waals surface area contributed by atoms with Gasteiger partial charge in [-0.3, -0.25) is 4.90 Å². The number of halogens is 1. The number of benzene rings is 1. The second-order valence-corrected chi connectivity index (χ2v) is 7.68. The third-order valence-electron chi connectivity index (χ3n) is 3.76. The molecule has 0 radical (unpaired) electrons. The van der Waals surface area contributed by atoms with Crippen LogP contribution in [0.5, 0.6) is 5.75 Å². The molecule has 1 aromatic carbocycles. The number of nitrogens with zero attached hydrogens (tertiary/aromatic N) is 2. The summed E-state index contributed by atoms with van der Waals surface area (Å²) in [6.07, 6.45) is 0. The Kier molecular flexibility index (Phi) is 5.14. The zero-order valence-electron chi connectivity index (χ0n) is 12.5. The lowest BCUT2D eigenvalue weighted by Crippen LogP contribution is -2.50. The lowest BCUT2D eigenvalue weighted by Gasteiger charge is -2.36. The predicted molar refractivity (Wildman–Crippen MR) is 83.5 cm³/mol. The highest BCUT2D eigenvalue weighted by atomic mass is 35.5. The first-order valence-corrected chi connectivity index (χ1v) is 8.76. The molecule has 0 aromatic heterocycles. The van der Waals surface area contributed by atoms with E-state index >= 15 is 0 Å². The largest absolute Gasteiger partial charge is 0.495 e. The third kappa shape index (κ3) is 3.51. The van der Waals surface area contributed by atoms with Gasteiger partial charge >= 0.3 is 0 Å². The van der Waals surface area contributed by atoms with E-state index in [0.29, 0.717) is 29.9 Å². The summed E-state index contributed by atoms with van der Waals surface area (Å²) >= 11 is 6.02. The van der Waals surface area contributed by atoms with Gasteiger partial charge in [0, 0.05) is 32.2 Å². The van der Waals surface area contributed by atoms with Crippen LogP contribution in [-0.2, 0) is 10.0 Å². The molecule has 0 saturated carbocycles. The Bertz CT molecular complexity index is 596. The van der Waals surface area contributed by atoms with Gasteiger partial charge in [-0.05, 0) is 32.0 Å². The molecule has 0 aliphatic carbocycles. The van der Waals surface area contributed by atoms with Crippen molar-refractivity contribution in [2.75, 3.05) is 33.3 Å². The second-order valence-electron chi connectivity index (χ2n) is 5.33. The molecule has 2 rings (SSSR count). The first-order chi connectivity index (χ1) is 9.86. The number of sulfonamides is 1. The maximum atomic E-state index is 12.6. The first-order valence-electron chi connectivity index (χ1n) is 6.94. The Hall–Kier alpha value is -0.820. The van der Waals surface area contributed by atoms with Crippen LogP contribution in [0.2, 0.25) is 5.02 Å². The van der Waals surface area contributed by atoms with Gasteiger partial charge in [-0.15, -0.1) is 0 Å². The summed E-state index contributed by atoms with van der Waals surface area (Å²) in [4.78, 5) is 2.49. The summed E-state index contributed by atoms with van der Waals surface area (Å²) in [5.74, 6) is 0.472. The van der Waals surface area contributed by atoms with Crippen LogP contribution in [0.25, 0.3) is 0 Å². The Morgan fingerprint density at radius 2 is 1.81 bits per heavy atom. The van der Waals surface area contributed by atoms with Gasteiger partial charge in [-0.2, -0.15) is 4.31 Å². The zero-order valence-corrected chi connectivity index (χ0v) is 14.1. The minimum atomic E-state index is -3.49. The number of methoxy groups -OCH3 is 1. The molecule has 0 spiro atoms. The van der Waals surface area contributed by atoms with Gasteiger partial charge in [-0.1, -0.05) is 11.6 Å². The maximum absolute atomic E-state index is 12.6. The highest BCUT2D eigenvalue weighted by molar-refractivity contribution is 7.89. The molecule has 5 nitrogen and oxygen atoms in total. The fourth-order valence-corrected chi connectivity index (χ4v) is 4.19. The van der Waals surface area contributed by atoms with Crippen LogP contribution in [0.15, 0.2) is 23.1 Å². The summed E-state index contributed by atoms with van der Waals surface area (Å²) in [5.41, 5.74) is 0. The van der Waals surface area contributed by atoms with E-state index in [1.54, 1.807) is 6.07 Å². The van der Waals surface area contributed by atoms with Gasteiger partial charge in [0.2, 0.25) is 10.0 Å². The van der Waals surface area contributed by atoms with Crippen molar-refractivity contribution in [1.29, 1.82) is 0 Å². The van der Waals surface area contributed by atoms with Gasteiger partial charge in [0.25, 0.3) is 0 Å². The van der Waals surface area contributed by atoms with Crippen LogP contribution in [0.1, 0.15) is 13.8 Å². The summed E-state index contributed by atoms with van der Waals surface area (Å²) in [7, 11) is -1.99. The molecule has 0 amide bonds. The summed E-state index contributed by atoms with van der Waals surface area (Å²) in [5, 5.41) is 0.305. The van der Waals surface area contributed by atoms with Crippen molar-refractivity contribution in [3.63, 3.8) is 0 Å². The van der Waals surface area contributed by atoms with Crippen molar-refractivity contribution < 1.29 is 13.2 Å². The van der Waals surface area contributed by atoms with E-state index in [4.69, 9.17) is 16.3 Å². The van der Waals surface area contributed by atoms with E-state index in [1.165, 1.54) is 23.5 Å². The van der Waals surface area contributed by atoms with Crippen molar-refractivity contribution in [2.24, 2.45) is 0 Å². The quantitative estimate of drug-likeness (QED) is 0.847. The molecule has 1 aliphatic heterocycles. The topological polar surface area (TPSA) is 49.9 Å². The van der Waals surface area contributed by atoms with E-state index < -0.39 is 10.0 Å². The first kappa shape index (κ1) is 16.5. The predicted octanol–water partition coefficient (Wildman–Crippen LogP) is 2.06. The molecule has 0 bridgehead atoms. The van der Waals surface area contributed by atoms with E-state index in [2.05, 4.69) is 18.7 Å². The molecule has 1 aromatic rings. The normalized spacial score (nSPS) is 18.1. The van der Waals surface area contributed by atoms with E-state index in [9.17, 15) is 8.42 Å². The van der Waals surface area contributed by atoms with Gasteiger partial charge < -0.3 is 4.74 Å². The average molecular weight is 333 g/mol. The molecular weight excluding hydrogens is 312 g/mol. The number of hydrogen-bond acceptors (Lipinski definition) is 4. The molecule has 1 fully saturated rings. The molecule has 118 valence electrons. The average Bonchev–Trinajstić information content (AvgIpc) is 2.47. The molecule has 0 atom stereocenters. The fraction of sp³-hybridized carbons (Fsp3) is 0.571. The summed E-state index contributed by atoms with van der Waals surface area (Å²) < 4.78 is 31.8. The zero-order chi connectivity index (χ0) is 15.6. The van der Waals surface area contributed by atoms with Gasteiger partial charge in [0.15, 0.2) is 0 Å². The van der Waals surface area contributed by atoms with E-state index in [0.717, 1.165) is 13.1 Å². The maximum Gasteiger partial charge on any atom is 0.243 e. The van der Waals surface area contributed by atoms with E-state index in [-0.39, 0.29) is 4.90 Å². The molecular formula is C14H21ClN2O3S. The smallest absolute Gasteiger partial charge is 0.243 e. The van der Waals surface area contributed by atoms with Crippen LogP contribution in [0.4, 0.5) is 0 Å². The van der Waals surface area contributed by atoms with Crippen molar-refractivity contribution in [2.45, 2.75) is 24.8 Å². The van der Waals surface area contributed by atoms with Gasteiger partial charge in [0.1, 0.15) is 5.75 Å². The standard InChI is InChI=1S/C14H21ClN2O3S/c1-11(2)16-6-8-17(9-7-16)21(18,19)12-4-5-14(20-3)13(15)10-12/h4-5,10-11H,6-9H2,1-3H3. The van der Waals surface area contributed by atoms with Crippen LogP contribution in [0, 0.1) is 0 Å². The lowest BCUT2D eigenvalue weighted by atomic mass is 10.3. The highest BCUT2D eigenvalue weighted by Crippen LogP contribution is 2.28. The SMILES string of the molecule is COc1ccc(S(=O)(=O)N2CCN(C(C)C)CC2)cc1Cl. The van der Waals surface area contributed by atoms with Gasteiger partial charge in [-0.25, -0.2) is 8.42 Å². The molecule has 0 N–H and O–H groups in total. The number of ether oxygens (including phenoxy) is 1. The fourth-order valence-electron chi connectivity index (χ4n) is 2.42. The van der Waals surface area contributed by atoms with Crippen LogP contribution in [0.3, 0.4) is 0 Å². The van der Waals surface area contributed by atoms with E-state index in [1.807, 2.05) is 0 Å². The number of hydrogen-bond donors (Lipinski definition) is 0. The van der Waals surface area contributed by atoms with Crippen molar-refractivity contribution in [3.05, 3.63) is 23.2 Å². The molecule has 1 heterocycles.